The summed E-state index contributed by atoms with van der Waals surface area (Å²) in [4.78, 5) is 2.21. The van der Waals surface area contributed by atoms with Gasteiger partial charge in [-0.25, -0.2) is 0 Å². The Morgan fingerprint density at radius 1 is 1.26 bits per heavy atom. The number of anilines is 1. The molecule has 0 radical (unpaired) electrons. The summed E-state index contributed by atoms with van der Waals surface area (Å²) in [6, 6.07) is 4.10. The van der Waals surface area contributed by atoms with Gasteiger partial charge in [0.1, 0.15) is 0 Å². The minimum atomic E-state index is -0.231. The van der Waals surface area contributed by atoms with E-state index in [0.717, 1.165) is 31.0 Å². The summed E-state index contributed by atoms with van der Waals surface area (Å²) in [7, 11) is 0. The Morgan fingerprint density at radius 3 is 2.42 bits per heavy atom. The molecule has 1 aliphatic heterocycles. The molecule has 2 heterocycles. The third kappa shape index (κ3) is 3.06. The van der Waals surface area contributed by atoms with Crippen molar-refractivity contribution in [2.24, 2.45) is 5.41 Å². The van der Waals surface area contributed by atoms with Gasteiger partial charge in [-0.1, -0.05) is 34.6 Å². The van der Waals surface area contributed by atoms with Crippen LogP contribution in [0.1, 0.15) is 46.7 Å². The standard InChI is InChI=1S/C15H25N3O/c1-14(2,3)11-6-7-13(17-16-11)18-9-8-12(19)15(4,5)10-18/h6-7,12,19H,8-10H2,1-5H3. The lowest BCUT2D eigenvalue weighted by Gasteiger charge is -2.42. The first-order valence-corrected chi connectivity index (χ1v) is 6.97. The predicted molar refractivity (Wildman–Crippen MR) is 77.3 cm³/mol. The van der Waals surface area contributed by atoms with Crippen molar-refractivity contribution in [3.8, 4) is 0 Å². The monoisotopic (exact) mass is 263 g/mol. The van der Waals surface area contributed by atoms with E-state index in [0.29, 0.717) is 0 Å². The first-order valence-electron chi connectivity index (χ1n) is 6.97. The summed E-state index contributed by atoms with van der Waals surface area (Å²) in [5.41, 5.74) is 0.943. The molecule has 1 saturated heterocycles. The van der Waals surface area contributed by atoms with Gasteiger partial charge in [-0.3, -0.25) is 0 Å². The summed E-state index contributed by atoms with van der Waals surface area (Å²) in [5.74, 6) is 0.910. The van der Waals surface area contributed by atoms with Crippen LogP contribution in [-0.4, -0.2) is 34.5 Å². The fraction of sp³-hybridized carbons (Fsp3) is 0.733. The van der Waals surface area contributed by atoms with Gasteiger partial charge < -0.3 is 10.0 Å². The number of aromatic nitrogens is 2. The Balaban J connectivity index is 2.15. The molecule has 1 atom stereocenters. The third-order valence-corrected chi connectivity index (χ3v) is 3.92. The number of aliphatic hydroxyl groups excluding tert-OH is 1. The number of hydrogen-bond donors (Lipinski definition) is 1. The molecule has 1 aliphatic rings. The molecular formula is C15H25N3O. The van der Waals surface area contributed by atoms with Gasteiger partial charge in [0.15, 0.2) is 5.82 Å². The number of piperidine rings is 1. The van der Waals surface area contributed by atoms with Crippen LogP contribution < -0.4 is 4.90 Å². The third-order valence-electron chi connectivity index (χ3n) is 3.92. The average molecular weight is 263 g/mol. The highest BCUT2D eigenvalue weighted by Crippen LogP contribution is 2.31. The van der Waals surface area contributed by atoms with E-state index in [9.17, 15) is 5.11 Å². The second-order valence-corrected chi connectivity index (χ2v) is 7.24. The van der Waals surface area contributed by atoms with Crippen molar-refractivity contribution in [3.05, 3.63) is 17.8 Å². The Morgan fingerprint density at radius 2 is 1.95 bits per heavy atom. The largest absolute Gasteiger partial charge is 0.392 e. The molecule has 1 aromatic heterocycles. The molecule has 2 rings (SSSR count). The molecule has 106 valence electrons. The molecular weight excluding hydrogens is 238 g/mol. The molecule has 0 amide bonds. The van der Waals surface area contributed by atoms with Crippen LogP contribution in [0.4, 0.5) is 5.82 Å². The summed E-state index contributed by atoms with van der Waals surface area (Å²) in [5, 5.41) is 18.7. The molecule has 1 N–H and O–H groups in total. The predicted octanol–water partition coefficient (Wildman–Crippen LogP) is 2.37. The van der Waals surface area contributed by atoms with Gasteiger partial charge in [0, 0.05) is 23.9 Å². The highest BCUT2D eigenvalue weighted by molar-refractivity contribution is 5.39. The van der Waals surface area contributed by atoms with Gasteiger partial charge in [0.2, 0.25) is 0 Å². The lowest BCUT2D eigenvalue weighted by atomic mass is 9.81. The molecule has 0 aliphatic carbocycles. The van der Waals surface area contributed by atoms with E-state index in [1.54, 1.807) is 0 Å². The molecule has 0 aromatic carbocycles. The van der Waals surface area contributed by atoms with E-state index in [2.05, 4.69) is 55.8 Å². The topological polar surface area (TPSA) is 49.2 Å². The van der Waals surface area contributed by atoms with Gasteiger partial charge in [0.05, 0.1) is 11.8 Å². The summed E-state index contributed by atoms with van der Waals surface area (Å²) >= 11 is 0. The maximum Gasteiger partial charge on any atom is 0.151 e. The van der Waals surface area contributed by atoms with Gasteiger partial charge in [-0.15, -0.1) is 5.10 Å². The van der Waals surface area contributed by atoms with Crippen molar-refractivity contribution in [2.75, 3.05) is 18.0 Å². The Hall–Kier alpha value is -1.16. The molecule has 0 spiro atoms. The second kappa shape index (κ2) is 4.75. The lowest BCUT2D eigenvalue weighted by Crippen LogP contribution is -2.49. The molecule has 0 saturated carbocycles. The Labute approximate surface area is 115 Å². The van der Waals surface area contributed by atoms with Crippen molar-refractivity contribution < 1.29 is 5.11 Å². The van der Waals surface area contributed by atoms with Crippen molar-refractivity contribution >= 4 is 5.82 Å². The highest BCUT2D eigenvalue weighted by atomic mass is 16.3. The van der Waals surface area contributed by atoms with E-state index < -0.39 is 0 Å². The van der Waals surface area contributed by atoms with E-state index in [4.69, 9.17) is 0 Å². The van der Waals surface area contributed by atoms with Gasteiger partial charge in [0.25, 0.3) is 0 Å². The minimum Gasteiger partial charge on any atom is -0.392 e. The van der Waals surface area contributed by atoms with E-state index in [1.807, 2.05) is 6.07 Å². The fourth-order valence-electron chi connectivity index (χ4n) is 2.43. The van der Waals surface area contributed by atoms with Crippen LogP contribution in [0, 0.1) is 5.41 Å². The van der Waals surface area contributed by atoms with Crippen LogP contribution in [0.15, 0.2) is 12.1 Å². The highest BCUT2D eigenvalue weighted by Gasteiger charge is 2.35. The number of aliphatic hydroxyl groups is 1. The molecule has 19 heavy (non-hydrogen) atoms. The number of rotatable bonds is 1. The van der Waals surface area contributed by atoms with E-state index >= 15 is 0 Å². The van der Waals surface area contributed by atoms with E-state index in [1.165, 1.54) is 0 Å². The molecule has 1 fully saturated rings. The van der Waals surface area contributed by atoms with Gasteiger partial charge >= 0.3 is 0 Å². The van der Waals surface area contributed by atoms with Gasteiger partial charge in [-0.2, -0.15) is 5.10 Å². The molecule has 1 unspecified atom stereocenters. The van der Waals surface area contributed by atoms with Gasteiger partial charge in [-0.05, 0) is 18.6 Å². The van der Waals surface area contributed by atoms with Crippen LogP contribution in [0.5, 0.6) is 0 Å². The maximum atomic E-state index is 9.99. The summed E-state index contributed by atoms with van der Waals surface area (Å²) < 4.78 is 0. The van der Waals surface area contributed by atoms with Crippen LogP contribution in [0.2, 0.25) is 0 Å². The number of hydrogen-bond acceptors (Lipinski definition) is 4. The first kappa shape index (κ1) is 14.3. The van der Waals surface area contributed by atoms with Crippen LogP contribution in [0.3, 0.4) is 0 Å². The smallest absolute Gasteiger partial charge is 0.151 e. The normalized spacial score (nSPS) is 23.5. The second-order valence-electron chi connectivity index (χ2n) is 7.24. The first-order chi connectivity index (χ1) is 8.70. The molecule has 0 bridgehead atoms. The average Bonchev–Trinajstić information content (AvgIpc) is 2.32. The lowest BCUT2D eigenvalue weighted by molar-refractivity contribution is 0.0333. The SMILES string of the molecule is CC(C)(C)c1ccc(N2CCC(O)C(C)(C)C2)nn1. The maximum absolute atomic E-state index is 9.99. The Bertz CT molecular complexity index is 434. The summed E-state index contributed by atoms with van der Waals surface area (Å²) in [6.45, 7) is 12.3. The number of nitrogens with zero attached hydrogens (tertiary/aromatic N) is 3. The zero-order chi connectivity index (χ0) is 14.3. The summed E-state index contributed by atoms with van der Waals surface area (Å²) in [6.07, 6.45) is 0.556. The molecule has 1 aromatic rings. The molecule has 4 nitrogen and oxygen atoms in total. The van der Waals surface area contributed by atoms with Crippen LogP contribution in [-0.2, 0) is 5.41 Å². The fourth-order valence-corrected chi connectivity index (χ4v) is 2.43. The Kier molecular flexibility index (Phi) is 3.56. The van der Waals surface area contributed by atoms with Crippen LogP contribution >= 0.6 is 0 Å². The quantitative estimate of drug-likeness (QED) is 0.845. The zero-order valence-electron chi connectivity index (χ0n) is 12.6. The van der Waals surface area contributed by atoms with Crippen LogP contribution in [0.25, 0.3) is 0 Å². The zero-order valence-corrected chi connectivity index (χ0v) is 12.6. The molecule has 4 heteroatoms. The van der Waals surface area contributed by atoms with Crippen molar-refractivity contribution in [1.29, 1.82) is 0 Å². The van der Waals surface area contributed by atoms with E-state index in [-0.39, 0.29) is 16.9 Å². The van der Waals surface area contributed by atoms with Crippen molar-refractivity contribution in [2.45, 2.75) is 52.6 Å². The van der Waals surface area contributed by atoms with Crippen molar-refractivity contribution in [1.82, 2.24) is 10.2 Å². The van der Waals surface area contributed by atoms with Crippen molar-refractivity contribution in [3.63, 3.8) is 0 Å². The minimum absolute atomic E-state index is 0.0306.